The molecule has 0 atom stereocenters. The Kier molecular flexibility index (Phi) is 13.0. The first-order valence-corrected chi connectivity index (χ1v) is 12.5. The van der Waals surface area contributed by atoms with Crippen molar-refractivity contribution in [3.05, 3.63) is 63.1 Å². The van der Waals surface area contributed by atoms with E-state index in [9.17, 15) is 28.0 Å². The van der Waals surface area contributed by atoms with E-state index in [0.29, 0.717) is 25.6 Å². The van der Waals surface area contributed by atoms with Gasteiger partial charge in [0.2, 0.25) is 11.3 Å². The second-order valence-corrected chi connectivity index (χ2v) is 8.56. The Bertz CT molecular complexity index is 1190. The van der Waals surface area contributed by atoms with Crippen LogP contribution in [0.1, 0.15) is 53.1 Å². The average molecular weight is 552 g/mol. The largest absolute Gasteiger partial charge is 0.487 e. The van der Waals surface area contributed by atoms with Gasteiger partial charge >= 0.3 is 0 Å². The summed E-state index contributed by atoms with van der Waals surface area (Å²) in [6, 6.07) is 2.94. The zero-order valence-electron chi connectivity index (χ0n) is 22.3. The molecule has 0 fully saturated rings. The third-order valence-electron chi connectivity index (χ3n) is 5.53. The van der Waals surface area contributed by atoms with Crippen molar-refractivity contribution in [2.45, 2.75) is 33.2 Å². The molecule has 3 amide bonds. The summed E-state index contributed by atoms with van der Waals surface area (Å²) in [7, 11) is 1.49. The molecule has 0 spiro atoms. The highest BCUT2D eigenvalue weighted by Crippen LogP contribution is 2.16. The maximum absolute atomic E-state index is 13.9. The fourth-order valence-corrected chi connectivity index (χ4v) is 3.38. The van der Waals surface area contributed by atoms with Crippen LogP contribution in [0, 0.1) is 11.6 Å². The van der Waals surface area contributed by atoms with Crippen molar-refractivity contribution in [2.75, 3.05) is 46.6 Å². The summed E-state index contributed by atoms with van der Waals surface area (Å²) in [5, 5.41) is 8.11. The summed E-state index contributed by atoms with van der Waals surface area (Å²) < 4.78 is 37.9. The molecule has 0 aliphatic heterocycles. The number of H-pyrrole nitrogens is 1. The first kappa shape index (κ1) is 31.4. The van der Waals surface area contributed by atoms with Crippen LogP contribution in [0.3, 0.4) is 0 Å². The molecule has 1 aromatic carbocycles. The van der Waals surface area contributed by atoms with E-state index in [4.69, 9.17) is 9.47 Å². The SMILES string of the molecule is CCCCOc1c(C(=O)N(CCOC)CNCCNC(C)=O)[nH]cc(C(=O)NCc2ccc(F)cc2F)c1=O. The second kappa shape index (κ2) is 16.2. The van der Waals surface area contributed by atoms with Gasteiger partial charge in [-0.05, 0) is 12.5 Å². The first-order valence-electron chi connectivity index (χ1n) is 12.5. The Balaban J connectivity index is 2.27. The molecule has 13 heteroatoms. The van der Waals surface area contributed by atoms with Crippen LogP contribution in [-0.2, 0) is 16.1 Å². The topological polar surface area (TPSA) is 142 Å². The van der Waals surface area contributed by atoms with Gasteiger partial charge in [0.1, 0.15) is 17.2 Å². The Morgan fingerprint density at radius 3 is 2.54 bits per heavy atom. The Morgan fingerprint density at radius 1 is 1.10 bits per heavy atom. The smallest absolute Gasteiger partial charge is 0.275 e. The molecule has 0 aliphatic carbocycles. The molecule has 39 heavy (non-hydrogen) atoms. The summed E-state index contributed by atoms with van der Waals surface area (Å²) >= 11 is 0. The van der Waals surface area contributed by atoms with Crippen LogP contribution in [0.2, 0.25) is 0 Å². The van der Waals surface area contributed by atoms with E-state index < -0.39 is 28.9 Å². The van der Waals surface area contributed by atoms with Crippen LogP contribution in [0.4, 0.5) is 8.78 Å². The minimum absolute atomic E-state index is 0.0344. The number of unbranched alkanes of at least 4 members (excludes halogenated alkanes) is 1. The molecule has 0 aliphatic rings. The fourth-order valence-electron chi connectivity index (χ4n) is 3.38. The Morgan fingerprint density at radius 2 is 1.87 bits per heavy atom. The molecule has 214 valence electrons. The predicted molar refractivity (Wildman–Crippen MR) is 139 cm³/mol. The van der Waals surface area contributed by atoms with Gasteiger partial charge in [-0.1, -0.05) is 19.4 Å². The van der Waals surface area contributed by atoms with E-state index in [0.717, 1.165) is 18.7 Å². The predicted octanol–water partition coefficient (Wildman–Crippen LogP) is 1.53. The van der Waals surface area contributed by atoms with Gasteiger partial charge < -0.3 is 30.0 Å². The molecule has 0 saturated heterocycles. The quantitative estimate of drug-likeness (QED) is 0.183. The highest BCUT2D eigenvalue weighted by atomic mass is 19.1. The third-order valence-corrected chi connectivity index (χ3v) is 5.53. The van der Waals surface area contributed by atoms with Gasteiger partial charge in [0, 0.05) is 58.0 Å². The second-order valence-electron chi connectivity index (χ2n) is 8.56. The molecule has 1 heterocycles. The molecule has 0 bridgehead atoms. The summed E-state index contributed by atoms with van der Waals surface area (Å²) in [4.78, 5) is 54.6. The van der Waals surface area contributed by atoms with Crippen molar-refractivity contribution in [2.24, 2.45) is 0 Å². The number of aromatic amines is 1. The number of halogens is 2. The minimum atomic E-state index is -0.837. The molecule has 2 aromatic rings. The van der Waals surface area contributed by atoms with Gasteiger partial charge in [0.05, 0.1) is 19.9 Å². The Hall–Kier alpha value is -3.84. The molecule has 2 rings (SSSR count). The van der Waals surface area contributed by atoms with E-state index in [2.05, 4.69) is 20.9 Å². The van der Waals surface area contributed by atoms with Crippen LogP contribution in [0.25, 0.3) is 0 Å². The highest BCUT2D eigenvalue weighted by Gasteiger charge is 2.26. The number of methoxy groups -OCH3 is 1. The zero-order chi connectivity index (χ0) is 28.8. The van der Waals surface area contributed by atoms with Crippen molar-refractivity contribution >= 4 is 17.7 Å². The van der Waals surface area contributed by atoms with Gasteiger partial charge in [-0.15, -0.1) is 0 Å². The third kappa shape index (κ3) is 9.76. The van der Waals surface area contributed by atoms with Crippen molar-refractivity contribution < 1.29 is 32.6 Å². The highest BCUT2D eigenvalue weighted by molar-refractivity contribution is 5.98. The molecule has 0 radical (unpaired) electrons. The number of nitrogens with zero attached hydrogens (tertiary/aromatic N) is 1. The van der Waals surface area contributed by atoms with Crippen LogP contribution in [0.5, 0.6) is 5.75 Å². The number of benzene rings is 1. The molecular weight excluding hydrogens is 516 g/mol. The maximum Gasteiger partial charge on any atom is 0.275 e. The van der Waals surface area contributed by atoms with Gasteiger partial charge in [-0.2, -0.15) is 0 Å². The number of carbonyl (C=O) groups is 3. The van der Waals surface area contributed by atoms with Gasteiger partial charge in [-0.3, -0.25) is 24.5 Å². The molecule has 0 unspecified atom stereocenters. The van der Waals surface area contributed by atoms with Crippen LogP contribution in [-0.4, -0.2) is 74.2 Å². The summed E-state index contributed by atoms with van der Waals surface area (Å²) in [5.74, 6) is -3.47. The number of carbonyl (C=O) groups excluding carboxylic acids is 3. The molecule has 0 saturated carbocycles. The van der Waals surface area contributed by atoms with Gasteiger partial charge in [0.15, 0.2) is 11.4 Å². The van der Waals surface area contributed by atoms with Crippen LogP contribution >= 0.6 is 0 Å². The standard InChI is InChI=1S/C26H35F2N5O6/c1-4-5-11-39-24-22(26(37)33(10-12-38-3)16-29-8-9-30-17(2)34)31-15-20(23(24)35)25(36)32-14-18-6-7-19(27)13-21(18)28/h6-7,13,15,29H,4-5,8-12,14,16H2,1-3H3,(H,30,34)(H,31,35)(H,32,36). The number of rotatable bonds is 16. The van der Waals surface area contributed by atoms with E-state index in [1.807, 2.05) is 6.92 Å². The van der Waals surface area contributed by atoms with E-state index in [1.54, 1.807) is 0 Å². The average Bonchev–Trinajstić information content (AvgIpc) is 2.90. The molecule has 1 aromatic heterocycles. The summed E-state index contributed by atoms with van der Waals surface area (Å²) in [6.07, 6.45) is 2.46. The van der Waals surface area contributed by atoms with Crippen molar-refractivity contribution in [1.82, 2.24) is 25.8 Å². The number of pyridine rings is 1. The molecule has 4 N–H and O–H groups in total. The monoisotopic (exact) mass is 551 g/mol. The lowest BCUT2D eigenvalue weighted by molar-refractivity contribution is -0.118. The lowest BCUT2D eigenvalue weighted by Crippen LogP contribution is -2.43. The maximum atomic E-state index is 13.9. The van der Waals surface area contributed by atoms with Gasteiger partial charge in [0.25, 0.3) is 11.8 Å². The lowest BCUT2D eigenvalue weighted by Gasteiger charge is -2.24. The van der Waals surface area contributed by atoms with Crippen molar-refractivity contribution in [1.29, 1.82) is 0 Å². The van der Waals surface area contributed by atoms with Crippen molar-refractivity contribution in [3.8, 4) is 5.75 Å². The number of hydrogen-bond donors (Lipinski definition) is 4. The van der Waals surface area contributed by atoms with Crippen molar-refractivity contribution in [3.63, 3.8) is 0 Å². The first-order chi connectivity index (χ1) is 18.7. The number of hydrogen-bond acceptors (Lipinski definition) is 7. The van der Waals surface area contributed by atoms with E-state index in [1.165, 1.54) is 25.0 Å². The normalized spacial score (nSPS) is 10.7. The molecular formula is C26H35F2N5O6. The number of aromatic nitrogens is 1. The summed E-state index contributed by atoms with van der Waals surface area (Å²) in [6.45, 7) is 4.41. The van der Waals surface area contributed by atoms with E-state index in [-0.39, 0.29) is 61.4 Å². The number of nitrogens with one attached hydrogen (secondary N) is 4. The van der Waals surface area contributed by atoms with E-state index >= 15 is 0 Å². The number of amides is 3. The Labute approximate surface area is 225 Å². The fraction of sp³-hybridized carbons (Fsp3) is 0.462. The molecule has 11 nitrogen and oxygen atoms in total. The summed E-state index contributed by atoms with van der Waals surface area (Å²) in [5.41, 5.74) is -1.25. The van der Waals surface area contributed by atoms with Gasteiger partial charge in [-0.25, -0.2) is 8.78 Å². The van der Waals surface area contributed by atoms with Crippen LogP contribution in [0.15, 0.2) is 29.2 Å². The van der Waals surface area contributed by atoms with Crippen LogP contribution < -0.4 is 26.1 Å². The minimum Gasteiger partial charge on any atom is -0.487 e. The number of ether oxygens (including phenoxy) is 2. The zero-order valence-corrected chi connectivity index (χ0v) is 22.3. The lowest BCUT2D eigenvalue weighted by atomic mass is 10.1.